The summed E-state index contributed by atoms with van der Waals surface area (Å²) >= 11 is 0. The van der Waals surface area contributed by atoms with Crippen LogP contribution in [0.3, 0.4) is 0 Å². The average Bonchev–Trinajstić information content (AvgIpc) is 2.51. The first kappa shape index (κ1) is 13.2. The van der Waals surface area contributed by atoms with Gasteiger partial charge < -0.3 is 10.1 Å². The number of rotatable bonds is 3. The van der Waals surface area contributed by atoms with Crippen molar-refractivity contribution >= 4 is 0 Å². The second-order valence-corrected chi connectivity index (χ2v) is 4.96. The van der Waals surface area contributed by atoms with Gasteiger partial charge in [0.1, 0.15) is 11.9 Å². The number of aromatic nitrogens is 1. The number of morpholine rings is 1. The highest BCUT2D eigenvalue weighted by Gasteiger charge is 2.16. The van der Waals surface area contributed by atoms with E-state index in [0.29, 0.717) is 0 Å². The summed E-state index contributed by atoms with van der Waals surface area (Å²) in [4.78, 5) is 4.48. The Bertz CT molecular complexity index is 548. The number of ether oxygens (including phenoxy) is 1. The molecule has 1 aromatic carbocycles. The summed E-state index contributed by atoms with van der Waals surface area (Å²) in [5.41, 5.74) is 3.15. The first-order valence-corrected chi connectivity index (χ1v) is 6.83. The first-order chi connectivity index (χ1) is 9.81. The molecule has 4 heteroatoms. The van der Waals surface area contributed by atoms with Crippen LogP contribution in [-0.4, -0.2) is 24.7 Å². The quantitative estimate of drug-likeness (QED) is 0.932. The Morgan fingerprint density at radius 1 is 1.15 bits per heavy atom. The second-order valence-electron chi connectivity index (χ2n) is 4.96. The standard InChI is InChI=1S/C16H17FN2O/c17-14-4-1-12(2-5-14)9-13-3-6-15(19-10-13)16-11-18-7-8-20-16/h1-6,10,16,18H,7-9,11H2. The zero-order chi connectivity index (χ0) is 13.8. The van der Waals surface area contributed by atoms with Gasteiger partial charge in [0.15, 0.2) is 0 Å². The fraction of sp³-hybridized carbons (Fsp3) is 0.312. The largest absolute Gasteiger partial charge is 0.369 e. The van der Waals surface area contributed by atoms with Gasteiger partial charge in [-0.2, -0.15) is 0 Å². The summed E-state index contributed by atoms with van der Waals surface area (Å²) in [6, 6.07) is 10.6. The summed E-state index contributed by atoms with van der Waals surface area (Å²) < 4.78 is 18.5. The topological polar surface area (TPSA) is 34.1 Å². The number of nitrogens with zero attached hydrogens (tertiary/aromatic N) is 1. The van der Waals surface area contributed by atoms with Gasteiger partial charge in [-0.25, -0.2) is 4.39 Å². The number of hydrogen-bond donors (Lipinski definition) is 1. The molecule has 1 atom stereocenters. The third kappa shape index (κ3) is 3.21. The molecule has 2 heterocycles. The Morgan fingerprint density at radius 3 is 2.60 bits per heavy atom. The maximum absolute atomic E-state index is 12.9. The monoisotopic (exact) mass is 272 g/mol. The van der Waals surface area contributed by atoms with E-state index in [1.54, 1.807) is 12.1 Å². The Labute approximate surface area is 117 Å². The van der Waals surface area contributed by atoms with Crippen molar-refractivity contribution in [2.24, 2.45) is 0 Å². The minimum atomic E-state index is -0.204. The summed E-state index contributed by atoms with van der Waals surface area (Å²) in [5, 5.41) is 3.29. The van der Waals surface area contributed by atoms with Gasteiger partial charge in [-0.3, -0.25) is 4.98 Å². The highest BCUT2D eigenvalue weighted by Crippen LogP contribution is 2.17. The number of hydrogen-bond acceptors (Lipinski definition) is 3. The molecule has 0 spiro atoms. The van der Waals surface area contributed by atoms with Crippen LogP contribution in [-0.2, 0) is 11.2 Å². The SMILES string of the molecule is Fc1ccc(Cc2ccc(C3CNCCO3)nc2)cc1. The van der Waals surface area contributed by atoms with E-state index in [2.05, 4.69) is 16.4 Å². The van der Waals surface area contributed by atoms with Gasteiger partial charge in [-0.1, -0.05) is 18.2 Å². The number of halogens is 1. The van der Waals surface area contributed by atoms with Gasteiger partial charge in [0, 0.05) is 19.3 Å². The molecule has 0 aliphatic carbocycles. The number of benzene rings is 1. The highest BCUT2D eigenvalue weighted by molar-refractivity contribution is 5.25. The summed E-state index contributed by atoms with van der Waals surface area (Å²) in [7, 11) is 0. The van der Waals surface area contributed by atoms with Crippen LogP contribution in [0, 0.1) is 5.82 Å². The zero-order valence-corrected chi connectivity index (χ0v) is 11.2. The molecule has 3 rings (SSSR count). The third-order valence-electron chi connectivity index (χ3n) is 3.43. The molecule has 1 fully saturated rings. The number of pyridine rings is 1. The third-order valence-corrected chi connectivity index (χ3v) is 3.43. The predicted molar refractivity (Wildman–Crippen MR) is 75.0 cm³/mol. The van der Waals surface area contributed by atoms with Crippen LogP contribution in [0.25, 0.3) is 0 Å². The van der Waals surface area contributed by atoms with E-state index in [1.807, 2.05) is 12.3 Å². The highest BCUT2D eigenvalue weighted by atomic mass is 19.1. The van der Waals surface area contributed by atoms with E-state index >= 15 is 0 Å². The van der Waals surface area contributed by atoms with E-state index in [-0.39, 0.29) is 11.9 Å². The van der Waals surface area contributed by atoms with Crippen molar-refractivity contribution < 1.29 is 9.13 Å². The molecule has 1 saturated heterocycles. The van der Waals surface area contributed by atoms with Crippen molar-refractivity contribution in [1.82, 2.24) is 10.3 Å². The fourth-order valence-corrected chi connectivity index (χ4v) is 2.32. The maximum atomic E-state index is 12.9. The molecule has 0 bridgehead atoms. The summed E-state index contributed by atoms with van der Waals surface area (Å²) in [6.45, 7) is 2.44. The van der Waals surface area contributed by atoms with Crippen molar-refractivity contribution in [1.29, 1.82) is 0 Å². The van der Waals surface area contributed by atoms with Crippen LogP contribution in [0.1, 0.15) is 22.9 Å². The van der Waals surface area contributed by atoms with Crippen LogP contribution in [0.5, 0.6) is 0 Å². The molecule has 1 N–H and O–H groups in total. The molecule has 3 nitrogen and oxygen atoms in total. The fourth-order valence-electron chi connectivity index (χ4n) is 2.32. The van der Waals surface area contributed by atoms with E-state index in [0.717, 1.165) is 42.9 Å². The molecule has 1 unspecified atom stereocenters. The van der Waals surface area contributed by atoms with Crippen LogP contribution in [0.2, 0.25) is 0 Å². The lowest BCUT2D eigenvalue weighted by atomic mass is 10.1. The van der Waals surface area contributed by atoms with E-state index in [9.17, 15) is 4.39 Å². The minimum Gasteiger partial charge on any atom is -0.369 e. The van der Waals surface area contributed by atoms with Gasteiger partial charge in [0.25, 0.3) is 0 Å². The van der Waals surface area contributed by atoms with Crippen LogP contribution in [0.15, 0.2) is 42.6 Å². The molecule has 0 amide bonds. The van der Waals surface area contributed by atoms with Gasteiger partial charge in [-0.05, 0) is 35.7 Å². The molecular weight excluding hydrogens is 255 g/mol. The van der Waals surface area contributed by atoms with Crippen molar-refractivity contribution in [3.05, 3.63) is 65.2 Å². The average molecular weight is 272 g/mol. The Hall–Kier alpha value is -1.78. The molecule has 104 valence electrons. The van der Waals surface area contributed by atoms with Crippen LogP contribution < -0.4 is 5.32 Å². The zero-order valence-electron chi connectivity index (χ0n) is 11.2. The summed E-state index contributed by atoms with van der Waals surface area (Å²) in [5.74, 6) is -0.204. The van der Waals surface area contributed by atoms with Gasteiger partial charge >= 0.3 is 0 Å². The molecule has 0 saturated carbocycles. The van der Waals surface area contributed by atoms with Crippen LogP contribution in [0.4, 0.5) is 4.39 Å². The maximum Gasteiger partial charge on any atom is 0.123 e. The van der Waals surface area contributed by atoms with E-state index < -0.39 is 0 Å². The molecule has 1 aromatic heterocycles. The van der Waals surface area contributed by atoms with Crippen molar-refractivity contribution in [3.8, 4) is 0 Å². The van der Waals surface area contributed by atoms with Gasteiger partial charge in [-0.15, -0.1) is 0 Å². The Kier molecular flexibility index (Phi) is 4.04. The van der Waals surface area contributed by atoms with Crippen LogP contribution >= 0.6 is 0 Å². The molecule has 0 radical (unpaired) electrons. The smallest absolute Gasteiger partial charge is 0.123 e. The predicted octanol–water partition coefficient (Wildman–Crippen LogP) is 2.47. The first-order valence-electron chi connectivity index (χ1n) is 6.83. The van der Waals surface area contributed by atoms with E-state index in [4.69, 9.17) is 4.74 Å². The minimum absolute atomic E-state index is 0.0450. The van der Waals surface area contributed by atoms with Crippen molar-refractivity contribution in [2.45, 2.75) is 12.5 Å². The van der Waals surface area contributed by atoms with Crippen molar-refractivity contribution in [3.63, 3.8) is 0 Å². The lowest BCUT2D eigenvalue weighted by Crippen LogP contribution is -2.33. The number of nitrogens with one attached hydrogen (secondary N) is 1. The molecule has 1 aliphatic rings. The molecule has 1 aliphatic heterocycles. The molecule has 2 aromatic rings. The normalized spacial score (nSPS) is 18.9. The van der Waals surface area contributed by atoms with Crippen molar-refractivity contribution in [2.75, 3.05) is 19.7 Å². The second kappa shape index (κ2) is 6.11. The Morgan fingerprint density at radius 2 is 1.95 bits per heavy atom. The van der Waals surface area contributed by atoms with Gasteiger partial charge in [0.05, 0.1) is 12.3 Å². The molecule has 20 heavy (non-hydrogen) atoms. The summed E-state index contributed by atoms with van der Waals surface area (Å²) in [6.07, 6.45) is 2.68. The molecular formula is C16H17FN2O. The lowest BCUT2D eigenvalue weighted by Gasteiger charge is -2.23. The van der Waals surface area contributed by atoms with E-state index in [1.165, 1.54) is 12.1 Å². The van der Waals surface area contributed by atoms with Gasteiger partial charge in [0.2, 0.25) is 0 Å². The Balaban J connectivity index is 1.67. The lowest BCUT2D eigenvalue weighted by molar-refractivity contribution is 0.0250.